The molecule has 1 amide bonds. The number of piperidine rings is 1. The van der Waals surface area contributed by atoms with Crippen molar-refractivity contribution in [1.29, 1.82) is 0 Å². The largest absolute Gasteiger partial charge is 0.422 e. The Bertz CT molecular complexity index is 1520. The summed E-state index contributed by atoms with van der Waals surface area (Å²) in [5.41, 5.74) is 2.81. The van der Waals surface area contributed by atoms with Crippen LogP contribution >= 0.6 is 0 Å². The van der Waals surface area contributed by atoms with Crippen LogP contribution in [0.1, 0.15) is 28.4 Å². The number of aromatic nitrogens is 1. The first-order chi connectivity index (χ1) is 16.1. The van der Waals surface area contributed by atoms with Gasteiger partial charge in [-0.2, -0.15) is 0 Å². The predicted octanol–water partition coefficient (Wildman–Crippen LogP) is 3.88. The van der Waals surface area contributed by atoms with Crippen molar-refractivity contribution in [3.8, 4) is 11.1 Å². The summed E-state index contributed by atoms with van der Waals surface area (Å²) in [5.74, 6) is 0.366. The maximum atomic E-state index is 13.4. The third kappa shape index (κ3) is 3.39. The van der Waals surface area contributed by atoms with E-state index >= 15 is 0 Å². The SMILES string of the molecule is O=C(c1cccc(-c2cc3ccccc3oc2=O)c1)N1CC2CC(C1)c1cccc(=O)n1C2. The average Bonchev–Trinajstić information content (AvgIpc) is 2.84. The molecule has 1 saturated heterocycles. The van der Waals surface area contributed by atoms with Gasteiger partial charge >= 0.3 is 5.63 Å². The minimum absolute atomic E-state index is 0.0314. The first-order valence-corrected chi connectivity index (χ1v) is 11.2. The van der Waals surface area contributed by atoms with E-state index in [4.69, 9.17) is 4.42 Å². The van der Waals surface area contributed by atoms with Gasteiger partial charge in [0.2, 0.25) is 0 Å². The number of nitrogens with zero attached hydrogens (tertiary/aromatic N) is 2. The van der Waals surface area contributed by atoms with Crippen LogP contribution in [0, 0.1) is 5.92 Å². The minimum atomic E-state index is -0.423. The lowest BCUT2D eigenvalue weighted by Gasteiger charge is -2.42. The summed E-state index contributed by atoms with van der Waals surface area (Å²) in [4.78, 5) is 40.2. The highest BCUT2D eigenvalue weighted by atomic mass is 16.4. The summed E-state index contributed by atoms with van der Waals surface area (Å²) in [5, 5.41) is 0.835. The maximum absolute atomic E-state index is 13.4. The first kappa shape index (κ1) is 19.7. The van der Waals surface area contributed by atoms with Gasteiger partial charge in [0.25, 0.3) is 11.5 Å². The number of hydrogen-bond donors (Lipinski definition) is 0. The quantitative estimate of drug-likeness (QED) is 0.445. The van der Waals surface area contributed by atoms with E-state index in [-0.39, 0.29) is 23.3 Å². The second-order valence-electron chi connectivity index (χ2n) is 8.97. The highest BCUT2D eigenvalue weighted by Crippen LogP contribution is 2.35. The number of carbonyl (C=O) groups is 1. The number of hydrogen-bond acceptors (Lipinski definition) is 4. The molecule has 2 aromatic carbocycles. The second-order valence-corrected chi connectivity index (χ2v) is 8.97. The van der Waals surface area contributed by atoms with Crippen LogP contribution in [-0.2, 0) is 6.54 Å². The number of carbonyl (C=O) groups excluding carboxylic acids is 1. The van der Waals surface area contributed by atoms with Crippen LogP contribution in [0.5, 0.6) is 0 Å². The zero-order valence-corrected chi connectivity index (χ0v) is 17.9. The fourth-order valence-corrected chi connectivity index (χ4v) is 5.33. The molecule has 6 heteroatoms. The Hall–Kier alpha value is -3.93. The lowest BCUT2D eigenvalue weighted by molar-refractivity contribution is 0.0594. The Morgan fingerprint density at radius 3 is 2.64 bits per heavy atom. The van der Waals surface area contributed by atoms with Crippen molar-refractivity contribution >= 4 is 16.9 Å². The van der Waals surface area contributed by atoms with E-state index in [2.05, 4.69) is 0 Å². The molecule has 2 aliphatic heterocycles. The van der Waals surface area contributed by atoms with E-state index in [0.29, 0.717) is 41.9 Å². The van der Waals surface area contributed by atoms with Gasteiger partial charge in [0.15, 0.2) is 0 Å². The standard InChI is InChI=1S/C27H22N2O4/c30-25-10-4-8-23-21-11-17(15-29(23)25)14-28(16-21)26(31)20-7-3-6-18(12-20)22-13-19-5-1-2-9-24(19)33-27(22)32/h1-10,12-13,17,21H,11,14-16H2. The van der Waals surface area contributed by atoms with Crippen molar-refractivity contribution in [2.75, 3.05) is 13.1 Å². The summed E-state index contributed by atoms with van der Waals surface area (Å²) in [6.45, 7) is 1.85. The summed E-state index contributed by atoms with van der Waals surface area (Å²) in [6.07, 6.45) is 0.991. The zero-order chi connectivity index (χ0) is 22.5. The molecule has 0 aliphatic carbocycles. The van der Waals surface area contributed by atoms with Crippen LogP contribution in [0.3, 0.4) is 0 Å². The molecular formula is C27H22N2O4. The average molecular weight is 438 g/mol. The van der Waals surface area contributed by atoms with E-state index in [1.165, 1.54) is 0 Å². The number of benzene rings is 2. The van der Waals surface area contributed by atoms with Gasteiger partial charge in [-0.3, -0.25) is 9.59 Å². The third-order valence-electron chi connectivity index (χ3n) is 6.83. The van der Waals surface area contributed by atoms with Crippen LogP contribution < -0.4 is 11.2 Å². The Labute approximate surface area is 189 Å². The smallest absolute Gasteiger partial charge is 0.344 e. The maximum Gasteiger partial charge on any atom is 0.344 e. The molecule has 4 heterocycles. The van der Waals surface area contributed by atoms with Crippen LogP contribution in [0.25, 0.3) is 22.1 Å². The molecule has 0 radical (unpaired) electrons. The number of rotatable bonds is 2. The van der Waals surface area contributed by atoms with Crippen LogP contribution in [0.4, 0.5) is 0 Å². The lowest BCUT2D eigenvalue weighted by atomic mass is 9.83. The number of fused-ring (bicyclic) bond motifs is 5. The highest BCUT2D eigenvalue weighted by molar-refractivity contribution is 5.96. The molecule has 2 aromatic heterocycles. The molecule has 6 nitrogen and oxygen atoms in total. The summed E-state index contributed by atoms with van der Waals surface area (Å²) < 4.78 is 7.34. The topological polar surface area (TPSA) is 72.5 Å². The number of likely N-dealkylation sites (tertiary alicyclic amines) is 1. The van der Waals surface area contributed by atoms with E-state index in [1.54, 1.807) is 36.4 Å². The van der Waals surface area contributed by atoms with Crippen molar-refractivity contribution in [2.24, 2.45) is 5.92 Å². The fraction of sp³-hybridized carbons (Fsp3) is 0.222. The number of pyridine rings is 1. The summed E-state index contributed by atoms with van der Waals surface area (Å²) in [7, 11) is 0. The molecule has 4 aromatic rings. The molecule has 0 N–H and O–H groups in total. The van der Waals surface area contributed by atoms with Crippen LogP contribution in [0.2, 0.25) is 0 Å². The molecule has 33 heavy (non-hydrogen) atoms. The van der Waals surface area contributed by atoms with Gasteiger partial charge in [-0.05, 0) is 48.2 Å². The Kier molecular flexibility index (Phi) is 4.54. The van der Waals surface area contributed by atoms with Crippen molar-refractivity contribution in [1.82, 2.24) is 9.47 Å². The molecule has 2 aliphatic rings. The summed E-state index contributed by atoms with van der Waals surface area (Å²) >= 11 is 0. The normalized spacial score (nSPS) is 19.3. The number of para-hydroxylation sites is 1. The molecule has 6 rings (SSSR count). The van der Waals surface area contributed by atoms with Crippen molar-refractivity contribution < 1.29 is 9.21 Å². The number of amides is 1. The van der Waals surface area contributed by atoms with E-state index in [9.17, 15) is 14.4 Å². The molecule has 0 saturated carbocycles. The molecule has 1 fully saturated rings. The lowest BCUT2D eigenvalue weighted by Crippen LogP contribution is -2.49. The molecular weight excluding hydrogens is 416 g/mol. The van der Waals surface area contributed by atoms with Crippen LogP contribution in [-0.4, -0.2) is 28.5 Å². The Morgan fingerprint density at radius 1 is 0.879 bits per heavy atom. The zero-order valence-electron chi connectivity index (χ0n) is 17.9. The monoisotopic (exact) mass is 438 g/mol. The molecule has 0 spiro atoms. The van der Waals surface area contributed by atoms with Crippen molar-refractivity contribution in [3.05, 3.63) is 105 Å². The van der Waals surface area contributed by atoms with Gasteiger partial charge in [0.1, 0.15) is 5.58 Å². The van der Waals surface area contributed by atoms with Gasteiger partial charge in [0, 0.05) is 48.3 Å². The fourth-order valence-electron chi connectivity index (χ4n) is 5.33. The molecule has 2 bridgehead atoms. The van der Waals surface area contributed by atoms with Gasteiger partial charge in [0.05, 0.1) is 5.56 Å². The van der Waals surface area contributed by atoms with E-state index < -0.39 is 5.63 Å². The Morgan fingerprint density at radius 2 is 1.73 bits per heavy atom. The van der Waals surface area contributed by atoms with E-state index in [0.717, 1.165) is 17.5 Å². The van der Waals surface area contributed by atoms with Gasteiger partial charge in [-0.15, -0.1) is 0 Å². The van der Waals surface area contributed by atoms with Crippen molar-refractivity contribution in [3.63, 3.8) is 0 Å². The highest BCUT2D eigenvalue weighted by Gasteiger charge is 2.36. The third-order valence-corrected chi connectivity index (χ3v) is 6.83. The predicted molar refractivity (Wildman–Crippen MR) is 125 cm³/mol. The van der Waals surface area contributed by atoms with E-state index in [1.807, 2.05) is 45.9 Å². The second kappa shape index (κ2) is 7.59. The Balaban J connectivity index is 1.32. The molecule has 2 unspecified atom stereocenters. The van der Waals surface area contributed by atoms with Crippen LogP contribution in [0.15, 0.2) is 86.8 Å². The van der Waals surface area contributed by atoms with Gasteiger partial charge in [-0.25, -0.2) is 4.79 Å². The van der Waals surface area contributed by atoms with Gasteiger partial charge in [-0.1, -0.05) is 36.4 Å². The molecule has 164 valence electrons. The van der Waals surface area contributed by atoms with Gasteiger partial charge < -0.3 is 13.9 Å². The molecule has 2 atom stereocenters. The minimum Gasteiger partial charge on any atom is -0.422 e. The first-order valence-electron chi connectivity index (χ1n) is 11.2. The van der Waals surface area contributed by atoms with Crippen molar-refractivity contribution in [2.45, 2.75) is 18.9 Å². The summed E-state index contributed by atoms with van der Waals surface area (Å²) in [6, 6.07) is 21.8.